The van der Waals surface area contributed by atoms with E-state index in [1.165, 1.54) is 0 Å². The van der Waals surface area contributed by atoms with Gasteiger partial charge in [0.05, 0.1) is 11.5 Å². The third kappa shape index (κ3) is 6.05. The van der Waals surface area contributed by atoms with Gasteiger partial charge in [0.1, 0.15) is 0 Å². The van der Waals surface area contributed by atoms with Gasteiger partial charge in [0.2, 0.25) is 10.0 Å². The summed E-state index contributed by atoms with van der Waals surface area (Å²) in [5, 5.41) is 0. The molecule has 0 radical (unpaired) electrons. The van der Waals surface area contributed by atoms with Gasteiger partial charge in [-0.3, -0.25) is 9.69 Å². The van der Waals surface area contributed by atoms with Crippen molar-refractivity contribution in [3.8, 4) is 0 Å². The van der Waals surface area contributed by atoms with Gasteiger partial charge in [-0.25, -0.2) is 13.2 Å². The largest absolute Gasteiger partial charge is 0.450 e. The van der Waals surface area contributed by atoms with Crippen molar-refractivity contribution < 1.29 is 22.7 Å². The van der Waals surface area contributed by atoms with Crippen LogP contribution in [0, 0.1) is 6.92 Å². The quantitative estimate of drug-likeness (QED) is 0.588. The van der Waals surface area contributed by atoms with Crippen LogP contribution in [0.25, 0.3) is 0 Å². The lowest BCUT2D eigenvalue weighted by Gasteiger charge is -2.34. The SMILES string of the molecule is CCOC(=O)N1CCN(C(=O)c2ccc(CN3CCN(S(=O)(=O)c4ccc(C)cc4)CC3)cc2)CC1. The molecule has 0 saturated carbocycles. The smallest absolute Gasteiger partial charge is 0.409 e. The molecule has 194 valence electrons. The molecule has 2 aliphatic heterocycles. The summed E-state index contributed by atoms with van der Waals surface area (Å²) in [7, 11) is -3.48. The highest BCUT2D eigenvalue weighted by Gasteiger charge is 2.29. The summed E-state index contributed by atoms with van der Waals surface area (Å²) in [4.78, 5) is 30.7. The van der Waals surface area contributed by atoms with Crippen LogP contribution in [0.1, 0.15) is 28.4 Å². The number of hydrogen-bond donors (Lipinski definition) is 0. The number of aryl methyl sites for hydroxylation is 1. The molecule has 9 nitrogen and oxygen atoms in total. The highest BCUT2D eigenvalue weighted by Crippen LogP contribution is 2.19. The summed E-state index contributed by atoms with van der Waals surface area (Å²) in [6.45, 7) is 8.84. The zero-order valence-corrected chi connectivity index (χ0v) is 21.7. The van der Waals surface area contributed by atoms with Crippen LogP contribution in [0.3, 0.4) is 0 Å². The Kier molecular flexibility index (Phi) is 8.28. The molecule has 0 bridgehead atoms. The van der Waals surface area contributed by atoms with Crippen LogP contribution in [0.4, 0.5) is 4.79 Å². The minimum Gasteiger partial charge on any atom is -0.450 e. The molecule has 0 spiro atoms. The number of amides is 2. The van der Waals surface area contributed by atoms with Crippen LogP contribution in [-0.4, -0.2) is 98.4 Å². The van der Waals surface area contributed by atoms with Crippen molar-refractivity contribution in [3.63, 3.8) is 0 Å². The van der Waals surface area contributed by atoms with Gasteiger partial charge in [0.15, 0.2) is 0 Å². The van der Waals surface area contributed by atoms with Crippen LogP contribution in [0.15, 0.2) is 53.4 Å². The van der Waals surface area contributed by atoms with Crippen LogP contribution in [-0.2, 0) is 21.3 Å². The molecule has 2 aromatic carbocycles. The van der Waals surface area contributed by atoms with E-state index < -0.39 is 10.0 Å². The van der Waals surface area contributed by atoms with Crippen LogP contribution < -0.4 is 0 Å². The highest BCUT2D eigenvalue weighted by molar-refractivity contribution is 7.89. The Balaban J connectivity index is 1.26. The molecule has 0 unspecified atom stereocenters. The Hall–Kier alpha value is -2.95. The Bertz CT molecular complexity index is 1150. The predicted molar refractivity (Wildman–Crippen MR) is 136 cm³/mol. The maximum absolute atomic E-state index is 12.9. The monoisotopic (exact) mass is 514 g/mol. The maximum Gasteiger partial charge on any atom is 0.409 e. The molecule has 4 rings (SSSR count). The third-order valence-corrected chi connectivity index (χ3v) is 8.60. The summed E-state index contributed by atoms with van der Waals surface area (Å²) in [6.07, 6.45) is -0.331. The number of carbonyl (C=O) groups is 2. The molecule has 2 aliphatic rings. The summed E-state index contributed by atoms with van der Waals surface area (Å²) < 4.78 is 32.4. The number of ether oxygens (including phenoxy) is 1. The molecule has 2 fully saturated rings. The maximum atomic E-state index is 12.9. The first-order valence-electron chi connectivity index (χ1n) is 12.4. The minimum absolute atomic E-state index is 0.0417. The predicted octanol–water partition coefficient (Wildman–Crippen LogP) is 2.42. The summed E-state index contributed by atoms with van der Waals surface area (Å²) in [5.41, 5.74) is 2.73. The Labute approximate surface area is 213 Å². The van der Waals surface area contributed by atoms with Crippen molar-refractivity contribution in [2.75, 3.05) is 59.0 Å². The molecule has 0 aromatic heterocycles. The number of piperazine rings is 2. The molecular formula is C26H34N4O5S. The van der Waals surface area contributed by atoms with Gasteiger partial charge in [-0.05, 0) is 43.7 Å². The molecule has 2 heterocycles. The third-order valence-electron chi connectivity index (χ3n) is 6.69. The van der Waals surface area contributed by atoms with Gasteiger partial charge in [0.25, 0.3) is 5.91 Å². The van der Waals surface area contributed by atoms with Gasteiger partial charge in [-0.15, -0.1) is 0 Å². The first kappa shape index (κ1) is 26.1. The minimum atomic E-state index is -3.48. The second-order valence-corrected chi connectivity index (χ2v) is 11.1. The van der Waals surface area contributed by atoms with Gasteiger partial charge in [-0.2, -0.15) is 4.31 Å². The second kappa shape index (κ2) is 11.4. The number of nitrogens with zero attached hydrogens (tertiary/aromatic N) is 4. The number of carbonyl (C=O) groups excluding carboxylic acids is 2. The van der Waals surface area contributed by atoms with Crippen LogP contribution >= 0.6 is 0 Å². The zero-order chi connectivity index (χ0) is 25.7. The first-order chi connectivity index (χ1) is 17.3. The molecular weight excluding hydrogens is 480 g/mol. The van der Waals surface area contributed by atoms with Gasteiger partial charge < -0.3 is 14.5 Å². The van der Waals surface area contributed by atoms with Crippen molar-refractivity contribution in [1.29, 1.82) is 0 Å². The zero-order valence-electron chi connectivity index (χ0n) is 20.9. The van der Waals surface area contributed by atoms with Crippen molar-refractivity contribution in [1.82, 2.24) is 19.0 Å². The van der Waals surface area contributed by atoms with Gasteiger partial charge in [0, 0.05) is 64.5 Å². The average molecular weight is 515 g/mol. The fourth-order valence-corrected chi connectivity index (χ4v) is 5.91. The summed E-state index contributed by atoms with van der Waals surface area (Å²) in [6, 6.07) is 14.6. The molecule has 0 N–H and O–H groups in total. The van der Waals surface area contributed by atoms with E-state index in [0.29, 0.717) is 76.0 Å². The van der Waals surface area contributed by atoms with E-state index in [9.17, 15) is 18.0 Å². The van der Waals surface area contributed by atoms with Crippen molar-refractivity contribution >= 4 is 22.0 Å². The van der Waals surface area contributed by atoms with Crippen LogP contribution in [0.2, 0.25) is 0 Å². The lowest BCUT2D eigenvalue weighted by Crippen LogP contribution is -2.50. The van der Waals surface area contributed by atoms with E-state index in [1.54, 1.807) is 33.2 Å². The number of hydrogen-bond acceptors (Lipinski definition) is 6. The lowest BCUT2D eigenvalue weighted by molar-refractivity contribution is 0.0570. The molecule has 2 saturated heterocycles. The van der Waals surface area contributed by atoms with E-state index in [-0.39, 0.29) is 12.0 Å². The standard InChI is InChI=1S/C26H34N4O5S/c1-3-35-26(32)29-16-14-28(15-17-29)25(31)23-8-6-22(7-9-23)20-27-12-18-30(19-13-27)36(33,34)24-10-4-21(2)5-11-24/h4-11H,3,12-20H2,1-2H3. The topological polar surface area (TPSA) is 90.5 Å². The molecule has 10 heteroatoms. The summed E-state index contributed by atoms with van der Waals surface area (Å²) in [5.74, 6) is -0.0417. The highest BCUT2D eigenvalue weighted by atomic mass is 32.2. The normalized spacial score (nSPS) is 17.7. The van der Waals surface area contributed by atoms with Crippen LogP contribution in [0.5, 0.6) is 0 Å². The number of benzene rings is 2. The van der Waals surface area contributed by atoms with E-state index in [2.05, 4.69) is 4.90 Å². The van der Waals surface area contributed by atoms with E-state index in [1.807, 2.05) is 43.3 Å². The van der Waals surface area contributed by atoms with E-state index in [4.69, 9.17) is 4.74 Å². The van der Waals surface area contributed by atoms with E-state index in [0.717, 1.165) is 11.1 Å². The fraction of sp³-hybridized carbons (Fsp3) is 0.462. The summed E-state index contributed by atoms with van der Waals surface area (Å²) >= 11 is 0. The first-order valence-corrected chi connectivity index (χ1v) is 13.8. The molecule has 2 aromatic rings. The Morgan fingerprint density at radius 1 is 0.806 bits per heavy atom. The number of sulfonamides is 1. The molecule has 2 amide bonds. The molecule has 0 aliphatic carbocycles. The molecule has 36 heavy (non-hydrogen) atoms. The van der Waals surface area contributed by atoms with Gasteiger partial charge in [-0.1, -0.05) is 29.8 Å². The van der Waals surface area contributed by atoms with Crippen molar-refractivity contribution in [2.45, 2.75) is 25.3 Å². The van der Waals surface area contributed by atoms with Gasteiger partial charge >= 0.3 is 6.09 Å². The van der Waals surface area contributed by atoms with E-state index >= 15 is 0 Å². The average Bonchev–Trinajstić information content (AvgIpc) is 2.89. The number of rotatable bonds is 6. The van der Waals surface area contributed by atoms with Crippen molar-refractivity contribution in [2.24, 2.45) is 0 Å². The van der Waals surface area contributed by atoms with Crippen molar-refractivity contribution in [3.05, 3.63) is 65.2 Å². The molecule has 0 atom stereocenters. The second-order valence-electron chi connectivity index (χ2n) is 9.17. The fourth-order valence-electron chi connectivity index (χ4n) is 4.49. The Morgan fingerprint density at radius 2 is 1.39 bits per heavy atom. The Morgan fingerprint density at radius 3 is 1.97 bits per heavy atom. The lowest BCUT2D eigenvalue weighted by atomic mass is 10.1.